The number of primary amides is 1. The smallest absolute Gasteiger partial charge is 0.404 e. The molecule has 9 nitrogen and oxygen atoms in total. The topological polar surface area (TPSA) is 131 Å². The molecule has 3 rings (SSSR count). The van der Waals surface area contributed by atoms with Crippen LogP contribution >= 0.6 is 0 Å². The standard InChI is InChI=1S/C23H31N5O4/c1-2-8-27(11-5-12-32-23(25)31)22(30)18-13-16-6-7-17(14-19(16)26-20(24)15-18)21(29)28-9-3-4-10-28/h6-7,13-14H,2-5,8-12,15H2,1H3,(H2,24,26)(H2,25,31). The first-order valence-electron chi connectivity index (χ1n) is 11.1. The van der Waals surface area contributed by atoms with Gasteiger partial charge in [0.2, 0.25) is 5.91 Å². The number of ether oxygens (including phenoxy) is 1. The molecule has 0 aliphatic carbocycles. The van der Waals surface area contributed by atoms with E-state index >= 15 is 0 Å². The average molecular weight is 442 g/mol. The third-order valence-corrected chi connectivity index (χ3v) is 5.51. The fourth-order valence-electron chi connectivity index (χ4n) is 3.98. The predicted molar refractivity (Wildman–Crippen MR) is 122 cm³/mol. The quantitative estimate of drug-likeness (QED) is 0.598. The van der Waals surface area contributed by atoms with Gasteiger partial charge in [-0.2, -0.15) is 0 Å². The van der Waals surface area contributed by atoms with E-state index in [1.807, 2.05) is 17.9 Å². The number of nitrogens with two attached hydrogens (primary N) is 2. The van der Waals surface area contributed by atoms with Gasteiger partial charge in [0.25, 0.3) is 5.91 Å². The van der Waals surface area contributed by atoms with E-state index < -0.39 is 6.09 Å². The van der Waals surface area contributed by atoms with Crippen molar-refractivity contribution in [3.8, 4) is 0 Å². The molecule has 1 aromatic carbocycles. The highest BCUT2D eigenvalue weighted by atomic mass is 16.5. The van der Waals surface area contributed by atoms with Crippen molar-refractivity contribution >= 4 is 35.5 Å². The number of likely N-dealkylation sites (tertiary alicyclic amines) is 1. The summed E-state index contributed by atoms with van der Waals surface area (Å²) in [6.45, 7) is 4.70. The van der Waals surface area contributed by atoms with Gasteiger partial charge in [-0.25, -0.2) is 9.79 Å². The number of amides is 3. The molecule has 0 spiro atoms. The third-order valence-electron chi connectivity index (χ3n) is 5.51. The summed E-state index contributed by atoms with van der Waals surface area (Å²) in [5.74, 6) is 0.188. The Morgan fingerprint density at radius 2 is 1.94 bits per heavy atom. The van der Waals surface area contributed by atoms with E-state index in [9.17, 15) is 14.4 Å². The minimum absolute atomic E-state index is 0.00380. The van der Waals surface area contributed by atoms with Crippen LogP contribution < -0.4 is 11.5 Å². The Morgan fingerprint density at radius 1 is 1.19 bits per heavy atom. The van der Waals surface area contributed by atoms with Gasteiger partial charge in [0.05, 0.1) is 12.3 Å². The lowest BCUT2D eigenvalue weighted by molar-refractivity contribution is -0.127. The molecule has 0 aromatic heterocycles. The fraction of sp³-hybridized carbons (Fsp3) is 0.478. The van der Waals surface area contributed by atoms with Gasteiger partial charge in [-0.15, -0.1) is 0 Å². The van der Waals surface area contributed by atoms with Crippen LogP contribution in [0.2, 0.25) is 0 Å². The maximum Gasteiger partial charge on any atom is 0.404 e. The molecule has 2 aliphatic heterocycles. The van der Waals surface area contributed by atoms with Crippen LogP contribution in [-0.4, -0.2) is 66.3 Å². The molecule has 1 fully saturated rings. The normalized spacial score (nSPS) is 15.3. The van der Waals surface area contributed by atoms with Gasteiger partial charge in [0.1, 0.15) is 5.84 Å². The van der Waals surface area contributed by atoms with E-state index in [-0.39, 0.29) is 24.8 Å². The van der Waals surface area contributed by atoms with Crippen molar-refractivity contribution in [1.29, 1.82) is 0 Å². The summed E-state index contributed by atoms with van der Waals surface area (Å²) >= 11 is 0. The molecular weight excluding hydrogens is 410 g/mol. The predicted octanol–water partition coefficient (Wildman–Crippen LogP) is 2.42. The number of fused-ring (bicyclic) bond motifs is 1. The van der Waals surface area contributed by atoms with Crippen LogP contribution in [0.3, 0.4) is 0 Å². The summed E-state index contributed by atoms with van der Waals surface area (Å²) in [6, 6.07) is 5.34. The summed E-state index contributed by atoms with van der Waals surface area (Å²) in [5, 5.41) is 0. The Morgan fingerprint density at radius 3 is 2.62 bits per heavy atom. The summed E-state index contributed by atoms with van der Waals surface area (Å²) < 4.78 is 4.76. The van der Waals surface area contributed by atoms with Crippen molar-refractivity contribution in [2.75, 3.05) is 32.8 Å². The lowest BCUT2D eigenvalue weighted by Gasteiger charge is -2.23. The highest BCUT2D eigenvalue weighted by molar-refractivity contribution is 6.06. The highest BCUT2D eigenvalue weighted by Gasteiger charge is 2.23. The first kappa shape index (κ1) is 23.3. The zero-order valence-electron chi connectivity index (χ0n) is 18.5. The number of hydrogen-bond acceptors (Lipinski definition) is 6. The van der Waals surface area contributed by atoms with E-state index in [1.54, 1.807) is 23.1 Å². The maximum absolute atomic E-state index is 13.2. The zero-order valence-corrected chi connectivity index (χ0v) is 18.5. The Bertz CT molecular complexity index is 934. The second kappa shape index (κ2) is 10.8. The minimum Gasteiger partial charge on any atom is -0.450 e. The molecule has 0 saturated carbocycles. The zero-order chi connectivity index (χ0) is 23.1. The number of hydrogen-bond donors (Lipinski definition) is 2. The number of carbonyl (C=O) groups excluding carboxylic acids is 3. The number of carbonyl (C=O) groups is 3. The SMILES string of the molecule is CCCN(CCCOC(N)=O)C(=O)C1=Cc2ccc(C(=O)N3CCCC3)cc2N=C(N)C1. The molecule has 0 radical (unpaired) electrons. The van der Waals surface area contributed by atoms with Crippen molar-refractivity contribution < 1.29 is 19.1 Å². The molecule has 2 aliphatic rings. The van der Waals surface area contributed by atoms with Crippen molar-refractivity contribution in [2.24, 2.45) is 16.5 Å². The van der Waals surface area contributed by atoms with Crippen LogP contribution in [0.15, 0.2) is 28.8 Å². The van der Waals surface area contributed by atoms with Crippen LogP contribution in [0.4, 0.5) is 10.5 Å². The molecule has 0 bridgehead atoms. The lowest BCUT2D eigenvalue weighted by Crippen LogP contribution is -2.35. The minimum atomic E-state index is -0.826. The Hall–Kier alpha value is -3.36. The van der Waals surface area contributed by atoms with Crippen molar-refractivity contribution in [1.82, 2.24) is 9.80 Å². The van der Waals surface area contributed by atoms with Crippen LogP contribution in [0.1, 0.15) is 54.9 Å². The molecule has 172 valence electrons. The molecule has 4 N–H and O–H groups in total. The molecule has 1 saturated heterocycles. The van der Waals surface area contributed by atoms with Gasteiger partial charge in [-0.05, 0) is 43.9 Å². The second-order valence-corrected chi connectivity index (χ2v) is 8.04. The van der Waals surface area contributed by atoms with Gasteiger partial charge >= 0.3 is 6.09 Å². The number of aliphatic imine (C=N–C) groups is 1. The van der Waals surface area contributed by atoms with Crippen molar-refractivity contribution in [3.05, 3.63) is 34.9 Å². The summed E-state index contributed by atoms with van der Waals surface area (Å²) in [4.78, 5) is 44.7. The van der Waals surface area contributed by atoms with E-state index in [0.717, 1.165) is 37.9 Å². The van der Waals surface area contributed by atoms with E-state index in [1.165, 1.54) is 0 Å². The summed E-state index contributed by atoms with van der Waals surface area (Å²) in [5.41, 5.74) is 13.6. The molecule has 32 heavy (non-hydrogen) atoms. The van der Waals surface area contributed by atoms with Crippen LogP contribution in [-0.2, 0) is 9.53 Å². The lowest BCUT2D eigenvalue weighted by atomic mass is 10.0. The fourth-order valence-corrected chi connectivity index (χ4v) is 3.98. The highest BCUT2D eigenvalue weighted by Crippen LogP contribution is 2.29. The van der Waals surface area contributed by atoms with Gasteiger partial charge in [0.15, 0.2) is 0 Å². The number of benzene rings is 1. The van der Waals surface area contributed by atoms with Crippen LogP contribution in [0, 0.1) is 0 Å². The van der Waals surface area contributed by atoms with E-state index in [2.05, 4.69) is 4.99 Å². The monoisotopic (exact) mass is 441 g/mol. The number of amidine groups is 1. The van der Waals surface area contributed by atoms with Crippen LogP contribution in [0.25, 0.3) is 6.08 Å². The van der Waals surface area contributed by atoms with Crippen LogP contribution in [0.5, 0.6) is 0 Å². The first-order chi connectivity index (χ1) is 15.4. The Balaban J connectivity index is 1.79. The van der Waals surface area contributed by atoms with Gasteiger partial charge in [0, 0.05) is 49.3 Å². The molecular formula is C23H31N5O4. The van der Waals surface area contributed by atoms with Gasteiger partial charge in [-0.3, -0.25) is 9.59 Å². The van der Waals surface area contributed by atoms with E-state index in [4.69, 9.17) is 16.2 Å². The molecule has 0 unspecified atom stereocenters. The molecule has 3 amide bonds. The van der Waals surface area contributed by atoms with Crippen molar-refractivity contribution in [3.63, 3.8) is 0 Å². The Labute approximate surface area is 188 Å². The molecule has 0 atom stereocenters. The Kier molecular flexibility index (Phi) is 7.86. The first-order valence-corrected chi connectivity index (χ1v) is 11.1. The number of rotatable bonds is 8. The molecule has 1 aromatic rings. The largest absolute Gasteiger partial charge is 0.450 e. The van der Waals surface area contributed by atoms with E-state index in [0.29, 0.717) is 42.2 Å². The van der Waals surface area contributed by atoms with Gasteiger partial charge < -0.3 is 26.0 Å². The average Bonchev–Trinajstić information content (AvgIpc) is 3.24. The summed E-state index contributed by atoms with van der Waals surface area (Å²) in [7, 11) is 0. The number of nitrogens with zero attached hydrogens (tertiary/aromatic N) is 3. The molecule has 9 heteroatoms. The van der Waals surface area contributed by atoms with Crippen molar-refractivity contribution in [2.45, 2.75) is 39.0 Å². The molecule has 2 heterocycles. The van der Waals surface area contributed by atoms with Gasteiger partial charge in [-0.1, -0.05) is 13.0 Å². The third kappa shape index (κ3) is 5.87. The summed E-state index contributed by atoms with van der Waals surface area (Å²) in [6.07, 6.45) is 4.53. The maximum atomic E-state index is 13.2. The second-order valence-electron chi connectivity index (χ2n) is 8.04.